The highest BCUT2D eigenvalue weighted by atomic mass is 32.2. The lowest BCUT2D eigenvalue weighted by molar-refractivity contribution is -0.126. The highest BCUT2D eigenvalue weighted by Crippen LogP contribution is 2.18. The van der Waals surface area contributed by atoms with Crippen LogP contribution in [-0.4, -0.2) is 42.4 Å². The summed E-state index contributed by atoms with van der Waals surface area (Å²) in [6, 6.07) is 0. The van der Waals surface area contributed by atoms with Crippen molar-refractivity contribution >= 4 is 27.7 Å². The number of thioether (sulfide) groups is 1. The zero-order valence-electron chi connectivity index (χ0n) is 6.98. The smallest absolute Gasteiger partial charge is 0.248 e. The summed E-state index contributed by atoms with van der Waals surface area (Å²) in [7, 11) is -3.21. The lowest BCUT2D eigenvalue weighted by Crippen LogP contribution is -2.53. The molecule has 0 radical (unpaired) electrons. The van der Waals surface area contributed by atoms with Gasteiger partial charge in [-0.25, -0.2) is 12.7 Å². The molecule has 0 aromatic carbocycles. The highest BCUT2D eigenvalue weighted by Gasteiger charge is 2.38. The fraction of sp³-hybridized carbons (Fsp3) is 0.833. The maximum Gasteiger partial charge on any atom is 0.248 e. The van der Waals surface area contributed by atoms with E-state index in [1.807, 2.05) is 0 Å². The third-order valence-electron chi connectivity index (χ3n) is 1.84. The molecule has 4 nitrogen and oxygen atoms in total. The minimum Gasteiger partial charge on any atom is -0.273 e. The Labute approximate surface area is 76.4 Å². The molecule has 70 valence electrons. The number of sulfonamides is 1. The van der Waals surface area contributed by atoms with Crippen LogP contribution in [0.25, 0.3) is 0 Å². The van der Waals surface area contributed by atoms with E-state index in [9.17, 15) is 13.2 Å². The topological polar surface area (TPSA) is 54.5 Å². The minimum absolute atomic E-state index is 0.111. The van der Waals surface area contributed by atoms with Gasteiger partial charge in [-0.15, -0.1) is 0 Å². The van der Waals surface area contributed by atoms with Gasteiger partial charge >= 0.3 is 0 Å². The normalized spacial score (nSPS) is 23.0. The van der Waals surface area contributed by atoms with Gasteiger partial charge in [-0.3, -0.25) is 4.79 Å². The summed E-state index contributed by atoms with van der Waals surface area (Å²) in [5, 5.41) is -0.264. The van der Waals surface area contributed by atoms with Crippen LogP contribution >= 0.6 is 11.8 Å². The lowest BCUT2D eigenvalue weighted by atomic mass is 10.4. The lowest BCUT2D eigenvalue weighted by Gasteiger charge is -2.31. The van der Waals surface area contributed by atoms with Gasteiger partial charge < -0.3 is 0 Å². The maximum atomic E-state index is 11.3. The van der Waals surface area contributed by atoms with Crippen LogP contribution < -0.4 is 0 Å². The van der Waals surface area contributed by atoms with Crippen molar-refractivity contribution in [2.45, 2.75) is 12.2 Å². The fourth-order valence-corrected chi connectivity index (χ4v) is 2.37. The summed E-state index contributed by atoms with van der Waals surface area (Å²) in [6.07, 6.45) is 1.79. The van der Waals surface area contributed by atoms with Crippen LogP contribution in [0, 0.1) is 0 Å². The van der Waals surface area contributed by atoms with E-state index in [2.05, 4.69) is 0 Å². The first kappa shape index (κ1) is 9.85. The van der Waals surface area contributed by atoms with Crippen molar-refractivity contribution < 1.29 is 13.2 Å². The predicted molar refractivity (Wildman–Crippen MR) is 48.5 cm³/mol. The molecule has 0 saturated carbocycles. The molecule has 0 aromatic rings. The first-order valence-corrected chi connectivity index (χ1v) is 6.46. The Morgan fingerprint density at radius 2 is 2.17 bits per heavy atom. The molecule has 0 N–H and O–H groups in total. The summed E-state index contributed by atoms with van der Waals surface area (Å²) >= 11 is 1.36. The van der Waals surface area contributed by atoms with E-state index in [-0.39, 0.29) is 16.9 Å². The molecule has 1 amide bonds. The Hall–Kier alpha value is -0.230. The van der Waals surface area contributed by atoms with Crippen LogP contribution in [0.4, 0.5) is 0 Å². The van der Waals surface area contributed by atoms with Crippen molar-refractivity contribution in [1.82, 2.24) is 4.31 Å². The van der Waals surface area contributed by atoms with Crippen molar-refractivity contribution in [1.29, 1.82) is 0 Å². The molecule has 1 unspecified atom stereocenters. The van der Waals surface area contributed by atoms with E-state index in [4.69, 9.17) is 0 Å². The average Bonchev–Trinajstić information content (AvgIpc) is 2.01. The van der Waals surface area contributed by atoms with Gasteiger partial charge in [0.2, 0.25) is 15.9 Å². The zero-order chi connectivity index (χ0) is 9.35. The fourth-order valence-electron chi connectivity index (χ4n) is 0.883. The van der Waals surface area contributed by atoms with Crippen LogP contribution in [0.2, 0.25) is 0 Å². The molecule has 1 atom stereocenters. The predicted octanol–water partition coefficient (Wildman–Crippen LogP) is -0.0901. The van der Waals surface area contributed by atoms with Gasteiger partial charge in [-0.1, -0.05) is 0 Å². The van der Waals surface area contributed by atoms with Crippen molar-refractivity contribution in [2.75, 3.05) is 18.6 Å². The van der Waals surface area contributed by atoms with Gasteiger partial charge in [0, 0.05) is 0 Å². The summed E-state index contributed by atoms with van der Waals surface area (Å²) in [4.78, 5) is 11.3. The van der Waals surface area contributed by atoms with E-state index >= 15 is 0 Å². The van der Waals surface area contributed by atoms with Crippen LogP contribution in [0.15, 0.2) is 0 Å². The number of nitrogens with zero attached hydrogens (tertiary/aromatic N) is 1. The second-order valence-corrected chi connectivity index (χ2v) is 5.80. The standard InChI is InChI=1S/C6H11NO3S2/c1-5(11-2)6(8)7-3-4-12(7,9)10/h5H,3-4H2,1-2H3. The quantitative estimate of drug-likeness (QED) is 0.638. The molecule has 0 aromatic heterocycles. The SMILES string of the molecule is CSC(C)C(=O)N1CCS1(=O)=O. The Kier molecular flexibility index (Phi) is 2.67. The molecule has 1 fully saturated rings. The molecule has 0 aliphatic carbocycles. The largest absolute Gasteiger partial charge is 0.273 e. The summed E-state index contributed by atoms with van der Waals surface area (Å²) in [5.41, 5.74) is 0. The minimum atomic E-state index is -3.21. The van der Waals surface area contributed by atoms with Crippen LogP contribution in [-0.2, 0) is 14.8 Å². The first-order valence-electron chi connectivity index (χ1n) is 3.56. The van der Waals surface area contributed by atoms with E-state index < -0.39 is 10.0 Å². The number of hydrogen-bond donors (Lipinski definition) is 0. The number of rotatable bonds is 2. The number of hydrogen-bond acceptors (Lipinski definition) is 4. The van der Waals surface area contributed by atoms with Gasteiger partial charge in [-0.05, 0) is 13.2 Å². The monoisotopic (exact) mass is 209 g/mol. The van der Waals surface area contributed by atoms with Crippen molar-refractivity contribution in [2.24, 2.45) is 0 Å². The van der Waals surface area contributed by atoms with Crippen LogP contribution in [0.5, 0.6) is 0 Å². The maximum absolute atomic E-state index is 11.3. The van der Waals surface area contributed by atoms with Crippen molar-refractivity contribution in [3.63, 3.8) is 0 Å². The Morgan fingerprint density at radius 1 is 1.58 bits per heavy atom. The zero-order valence-corrected chi connectivity index (χ0v) is 8.61. The van der Waals surface area contributed by atoms with Gasteiger partial charge in [0.1, 0.15) is 0 Å². The van der Waals surface area contributed by atoms with Gasteiger partial charge in [0.25, 0.3) is 0 Å². The van der Waals surface area contributed by atoms with Crippen LogP contribution in [0.3, 0.4) is 0 Å². The van der Waals surface area contributed by atoms with E-state index in [0.717, 1.165) is 4.31 Å². The molecule has 1 rings (SSSR count). The Bertz CT molecular complexity index is 285. The number of carbonyl (C=O) groups excluding carboxylic acids is 1. The molecule has 0 bridgehead atoms. The second kappa shape index (κ2) is 3.26. The molecular weight excluding hydrogens is 198 g/mol. The first-order chi connectivity index (χ1) is 5.49. The third kappa shape index (κ3) is 1.59. The molecule has 1 saturated heterocycles. The Balaban J connectivity index is 2.67. The Morgan fingerprint density at radius 3 is 2.42 bits per heavy atom. The molecule has 1 aliphatic heterocycles. The molecule has 12 heavy (non-hydrogen) atoms. The summed E-state index contributed by atoms with van der Waals surface area (Å²) in [6.45, 7) is 2.06. The average molecular weight is 209 g/mol. The van der Waals surface area contributed by atoms with Gasteiger partial charge in [-0.2, -0.15) is 11.8 Å². The second-order valence-electron chi connectivity index (χ2n) is 2.60. The highest BCUT2D eigenvalue weighted by molar-refractivity contribution is 8.00. The number of carbonyl (C=O) groups is 1. The van der Waals surface area contributed by atoms with E-state index in [0.29, 0.717) is 6.54 Å². The molecular formula is C6H11NO3S2. The molecule has 0 spiro atoms. The number of amides is 1. The summed E-state index contributed by atoms with van der Waals surface area (Å²) < 4.78 is 22.9. The summed E-state index contributed by atoms with van der Waals surface area (Å²) in [5.74, 6) is -0.187. The van der Waals surface area contributed by atoms with Gasteiger partial charge in [0.05, 0.1) is 17.5 Å². The van der Waals surface area contributed by atoms with Crippen molar-refractivity contribution in [3.8, 4) is 0 Å². The van der Waals surface area contributed by atoms with Crippen molar-refractivity contribution in [3.05, 3.63) is 0 Å². The van der Waals surface area contributed by atoms with Gasteiger partial charge in [0.15, 0.2) is 0 Å². The molecule has 1 heterocycles. The van der Waals surface area contributed by atoms with E-state index in [1.165, 1.54) is 11.8 Å². The third-order valence-corrected chi connectivity index (χ3v) is 4.48. The molecule has 1 aliphatic rings. The van der Waals surface area contributed by atoms with E-state index in [1.54, 1.807) is 13.2 Å². The van der Waals surface area contributed by atoms with Crippen LogP contribution in [0.1, 0.15) is 6.92 Å². The molecule has 6 heteroatoms.